The van der Waals surface area contributed by atoms with Crippen LogP contribution in [-0.4, -0.2) is 20.8 Å². The quantitative estimate of drug-likeness (QED) is 0.918. The Morgan fingerprint density at radius 1 is 1.25 bits per heavy atom. The van der Waals surface area contributed by atoms with Crippen molar-refractivity contribution in [3.8, 4) is 0 Å². The summed E-state index contributed by atoms with van der Waals surface area (Å²) in [5, 5.41) is 11.3. The summed E-state index contributed by atoms with van der Waals surface area (Å²) in [5.41, 5.74) is 3.57. The Labute approximate surface area is 125 Å². The van der Waals surface area contributed by atoms with E-state index in [1.165, 1.54) is 17.0 Å². The summed E-state index contributed by atoms with van der Waals surface area (Å²) in [4.78, 5) is 4.81. The van der Waals surface area contributed by atoms with E-state index < -0.39 is 0 Å². The first-order valence-electron chi connectivity index (χ1n) is 7.10. The average Bonchev–Trinajstić information content (AvgIpc) is 2.96. The molecule has 0 saturated heterocycles. The molecule has 110 valence electrons. The van der Waals surface area contributed by atoms with Gasteiger partial charge in [-0.3, -0.25) is 4.68 Å². The Bertz CT molecular complexity index is 568. The fraction of sp³-hybridized carbons (Fsp3) is 0.600. The lowest BCUT2D eigenvalue weighted by atomic mass is 10.1. The molecule has 5 heteroatoms. The third-order valence-corrected chi connectivity index (χ3v) is 4.39. The van der Waals surface area contributed by atoms with Gasteiger partial charge in [-0.2, -0.15) is 5.10 Å². The lowest BCUT2D eigenvalue weighted by Gasteiger charge is -2.19. The van der Waals surface area contributed by atoms with Crippen molar-refractivity contribution < 1.29 is 0 Å². The molecule has 0 amide bonds. The second-order valence-electron chi connectivity index (χ2n) is 5.83. The van der Waals surface area contributed by atoms with E-state index in [1.54, 1.807) is 11.3 Å². The minimum absolute atomic E-state index is 0.126. The molecular formula is C15H24N4S. The number of aromatic nitrogens is 3. The molecule has 0 aliphatic rings. The topological polar surface area (TPSA) is 42.7 Å². The number of rotatable bonds is 5. The SMILES string of the molecule is Cc1c(C(NC(C)C)c2nc(C(C)C)cs2)cnn1C. The van der Waals surface area contributed by atoms with Gasteiger partial charge in [-0.25, -0.2) is 4.98 Å². The van der Waals surface area contributed by atoms with Crippen LogP contribution in [0.5, 0.6) is 0 Å². The van der Waals surface area contributed by atoms with Crippen molar-refractivity contribution >= 4 is 11.3 Å². The van der Waals surface area contributed by atoms with E-state index in [4.69, 9.17) is 4.98 Å². The molecule has 1 atom stereocenters. The molecule has 4 nitrogen and oxygen atoms in total. The van der Waals surface area contributed by atoms with Gasteiger partial charge in [-0.1, -0.05) is 13.8 Å². The van der Waals surface area contributed by atoms with Gasteiger partial charge in [-0.15, -0.1) is 11.3 Å². The van der Waals surface area contributed by atoms with Gasteiger partial charge in [0.25, 0.3) is 0 Å². The van der Waals surface area contributed by atoms with E-state index in [0.717, 1.165) is 5.01 Å². The molecule has 2 rings (SSSR count). The van der Waals surface area contributed by atoms with Gasteiger partial charge in [-0.05, 0) is 26.7 Å². The fourth-order valence-corrected chi connectivity index (χ4v) is 3.18. The Morgan fingerprint density at radius 3 is 2.40 bits per heavy atom. The minimum Gasteiger partial charge on any atom is -0.302 e. The molecule has 0 aliphatic carbocycles. The molecule has 0 saturated carbocycles. The van der Waals surface area contributed by atoms with Crippen LogP contribution in [0.25, 0.3) is 0 Å². The summed E-state index contributed by atoms with van der Waals surface area (Å²) in [6.07, 6.45) is 1.95. The zero-order valence-corrected chi connectivity index (χ0v) is 14.0. The van der Waals surface area contributed by atoms with E-state index in [-0.39, 0.29) is 6.04 Å². The van der Waals surface area contributed by atoms with Crippen molar-refractivity contribution in [3.05, 3.63) is 33.5 Å². The summed E-state index contributed by atoms with van der Waals surface area (Å²) >= 11 is 1.73. The lowest BCUT2D eigenvalue weighted by Crippen LogP contribution is -2.29. The molecule has 2 heterocycles. The van der Waals surface area contributed by atoms with Crippen LogP contribution < -0.4 is 5.32 Å². The first kappa shape index (κ1) is 15.2. The van der Waals surface area contributed by atoms with Crippen LogP contribution in [-0.2, 0) is 7.05 Å². The second kappa shape index (κ2) is 6.06. The highest BCUT2D eigenvalue weighted by Gasteiger charge is 2.23. The van der Waals surface area contributed by atoms with Crippen molar-refractivity contribution in [2.24, 2.45) is 7.05 Å². The normalized spacial score (nSPS) is 13.4. The van der Waals surface area contributed by atoms with Crippen molar-refractivity contribution in [3.63, 3.8) is 0 Å². The summed E-state index contributed by atoms with van der Waals surface area (Å²) in [6.45, 7) is 10.8. The van der Waals surface area contributed by atoms with Crippen LogP contribution >= 0.6 is 11.3 Å². The number of aryl methyl sites for hydroxylation is 1. The largest absolute Gasteiger partial charge is 0.302 e. The Hall–Kier alpha value is -1.20. The highest BCUT2D eigenvalue weighted by Crippen LogP contribution is 2.29. The molecule has 2 aromatic rings. The maximum absolute atomic E-state index is 4.81. The Morgan fingerprint density at radius 2 is 1.95 bits per heavy atom. The van der Waals surface area contributed by atoms with Crippen LogP contribution in [0.4, 0.5) is 0 Å². The van der Waals surface area contributed by atoms with Crippen molar-refractivity contribution in [1.82, 2.24) is 20.1 Å². The summed E-state index contributed by atoms with van der Waals surface area (Å²) in [7, 11) is 1.98. The highest BCUT2D eigenvalue weighted by molar-refractivity contribution is 7.09. The lowest BCUT2D eigenvalue weighted by molar-refractivity contribution is 0.523. The summed E-state index contributed by atoms with van der Waals surface area (Å²) in [5.74, 6) is 0.467. The molecule has 0 bridgehead atoms. The fourth-order valence-electron chi connectivity index (χ4n) is 2.12. The van der Waals surface area contributed by atoms with Gasteiger partial charge >= 0.3 is 0 Å². The van der Waals surface area contributed by atoms with Crippen molar-refractivity contribution in [2.45, 2.75) is 52.6 Å². The molecule has 0 spiro atoms. The number of hydrogen-bond donors (Lipinski definition) is 1. The van der Waals surface area contributed by atoms with Crippen LogP contribution in [0, 0.1) is 6.92 Å². The van der Waals surface area contributed by atoms with Gasteiger partial charge in [0, 0.05) is 29.7 Å². The number of hydrogen-bond acceptors (Lipinski definition) is 4. The zero-order valence-electron chi connectivity index (χ0n) is 13.1. The minimum atomic E-state index is 0.126. The number of thiazole rings is 1. The van der Waals surface area contributed by atoms with Crippen LogP contribution in [0.15, 0.2) is 11.6 Å². The number of nitrogens with zero attached hydrogens (tertiary/aromatic N) is 3. The molecular weight excluding hydrogens is 268 g/mol. The molecule has 0 aliphatic heterocycles. The van der Waals surface area contributed by atoms with E-state index in [2.05, 4.69) is 50.4 Å². The molecule has 0 radical (unpaired) electrons. The third kappa shape index (κ3) is 3.10. The van der Waals surface area contributed by atoms with Gasteiger partial charge in [0.1, 0.15) is 5.01 Å². The molecule has 2 aromatic heterocycles. The maximum Gasteiger partial charge on any atom is 0.115 e. The smallest absolute Gasteiger partial charge is 0.115 e. The van der Waals surface area contributed by atoms with E-state index in [1.807, 2.05) is 17.9 Å². The molecule has 0 aromatic carbocycles. The van der Waals surface area contributed by atoms with E-state index in [0.29, 0.717) is 12.0 Å². The molecule has 1 N–H and O–H groups in total. The predicted octanol–water partition coefficient (Wildman–Crippen LogP) is 3.40. The van der Waals surface area contributed by atoms with Crippen LogP contribution in [0.1, 0.15) is 61.6 Å². The Kier molecular flexibility index (Phi) is 4.60. The van der Waals surface area contributed by atoms with E-state index >= 15 is 0 Å². The first-order chi connectivity index (χ1) is 9.40. The van der Waals surface area contributed by atoms with Gasteiger partial charge in [0.05, 0.1) is 17.9 Å². The average molecular weight is 292 g/mol. The zero-order chi connectivity index (χ0) is 14.9. The van der Waals surface area contributed by atoms with Crippen LogP contribution in [0.2, 0.25) is 0 Å². The molecule has 20 heavy (non-hydrogen) atoms. The monoisotopic (exact) mass is 292 g/mol. The Balaban J connectivity index is 2.39. The van der Waals surface area contributed by atoms with Crippen molar-refractivity contribution in [2.75, 3.05) is 0 Å². The van der Waals surface area contributed by atoms with E-state index in [9.17, 15) is 0 Å². The molecule has 0 fully saturated rings. The summed E-state index contributed by atoms with van der Waals surface area (Å²) in [6, 6.07) is 0.521. The second-order valence-corrected chi connectivity index (χ2v) is 6.72. The highest BCUT2D eigenvalue weighted by atomic mass is 32.1. The first-order valence-corrected chi connectivity index (χ1v) is 7.98. The van der Waals surface area contributed by atoms with Gasteiger partial charge in [0.15, 0.2) is 0 Å². The van der Waals surface area contributed by atoms with Gasteiger partial charge in [0.2, 0.25) is 0 Å². The van der Waals surface area contributed by atoms with Crippen LogP contribution in [0.3, 0.4) is 0 Å². The summed E-state index contributed by atoms with van der Waals surface area (Å²) < 4.78 is 1.92. The third-order valence-electron chi connectivity index (χ3n) is 3.46. The maximum atomic E-state index is 4.81. The van der Waals surface area contributed by atoms with Gasteiger partial charge < -0.3 is 5.32 Å². The molecule has 1 unspecified atom stereocenters. The standard InChI is InChI=1S/C15H24N4S/c1-9(2)13-8-20-15(18-13)14(17-10(3)4)12-7-16-19(6)11(12)5/h7-10,14,17H,1-6H3. The number of nitrogens with one attached hydrogen (secondary N) is 1. The predicted molar refractivity (Wildman–Crippen MR) is 84.3 cm³/mol. The van der Waals surface area contributed by atoms with Crippen molar-refractivity contribution in [1.29, 1.82) is 0 Å².